The summed E-state index contributed by atoms with van der Waals surface area (Å²) in [7, 11) is -4.52. The van der Waals surface area contributed by atoms with E-state index in [0.717, 1.165) is 70.6 Å². The molecule has 0 fully saturated rings. The number of phosphoric acid groups is 1. The van der Waals surface area contributed by atoms with Crippen LogP contribution in [0.1, 0.15) is 200 Å². The van der Waals surface area contributed by atoms with Crippen molar-refractivity contribution in [1.29, 1.82) is 0 Å². The Kier molecular flexibility index (Phi) is 42.8. The highest BCUT2D eigenvalue weighted by atomic mass is 31.2. The molecule has 0 saturated heterocycles. The molecule has 10 heteroatoms. The minimum Gasteiger partial charge on any atom is -0.457 e. The molecule has 9 nitrogen and oxygen atoms in total. The Morgan fingerprint density at radius 2 is 1.00 bits per heavy atom. The molecule has 334 valence electrons. The van der Waals surface area contributed by atoms with Gasteiger partial charge in [-0.2, -0.15) is 0 Å². The zero-order valence-electron chi connectivity index (χ0n) is 36.6. The number of esters is 1. The van der Waals surface area contributed by atoms with Crippen LogP contribution in [0.15, 0.2) is 48.6 Å². The van der Waals surface area contributed by atoms with Crippen LogP contribution in [0.2, 0.25) is 0 Å². The molecule has 3 atom stereocenters. The molecule has 0 bridgehead atoms. The van der Waals surface area contributed by atoms with Gasteiger partial charge in [0.1, 0.15) is 12.2 Å². The maximum absolute atomic E-state index is 12.6. The van der Waals surface area contributed by atoms with Gasteiger partial charge >= 0.3 is 13.8 Å². The topological polar surface area (TPSA) is 132 Å². The van der Waals surface area contributed by atoms with Crippen molar-refractivity contribution in [2.75, 3.05) is 33.0 Å². The molecule has 0 amide bonds. The molecule has 0 aromatic heterocycles. The van der Waals surface area contributed by atoms with Crippen LogP contribution in [0.5, 0.6) is 0 Å². The molecule has 0 aromatic rings. The zero-order valence-corrected chi connectivity index (χ0v) is 37.4. The van der Waals surface area contributed by atoms with Crippen molar-refractivity contribution in [3.8, 4) is 0 Å². The first kappa shape index (κ1) is 55.4. The number of unbranched alkanes of at least 4 members (excludes halogenated alkanes) is 22. The van der Waals surface area contributed by atoms with Crippen LogP contribution >= 0.6 is 7.82 Å². The normalized spacial score (nSPS) is 14.4. The molecule has 0 aliphatic heterocycles. The summed E-state index contributed by atoms with van der Waals surface area (Å²) in [5, 5.41) is 18.4. The maximum Gasteiger partial charge on any atom is 0.472 e. The van der Waals surface area contributed by atoms with Crippen LogP contribution < -0.4 is 0 Å². The van der Waals surface area contributed by atoms with Crippen LogP contribution in [-0.2, 0) is 27.9 Å². The fourth-order valence-corrected chi connectivity index (χ4v) is 7.08. The summed E-state index contributed by atoms with van der Waals surface area (Å²) < 4.78 is 33.4. The van der Waals surface area contributed by atoms with Gasteiger partial charge in [0, 0.05) is 13.0 Å². The van der Waals surface area contributed by atoms with E-state index in [1.165, 1.54) is 109 Å². The van der Waals surface area contributed by atoms with Crippen LogP contribution in [0.25, 0.3) is 0 Å². The van der Waals surface area contributed by atoms with Crippen LogP contribution in [0.3, 0.4) is 0 Å². The van der Waals surface area contributed by atoms with Gasteiger partial charge in [0.05, 0.1) is 26.4 Å². The van der Waals surface area contributed by atoms with E-state index in [9.17, 15) is 19.4 Å². The van der Waals surface area contributed by atoms with Gasteiger partial charge in [0.15, 0.2) is 0 Å². The van der Waals surface area contributed by atoms with E-state index in [2.05, 4.69) is 62.5 Å². The fraction of sp³-hybridized carbons (Fsp3) is 0.809. The second-order valence-electron chi connectivity index (χ2n) is 15.4. The maximum atomic E-state index is 12.6. The van der Waals surface area contributed by atoms with Gasteiger partial charge in [-0.15, -0.1) is 0 Å². The van der Waals surface area contributed by atoms with Gasteiger partial charge < -0.3 is 24.6 Å². The van der Waals surface area contributed by atoms with Crippen LogP contribution in [0, 0.1) is 0 Å². The first-order chi connectivity index (χ1) is 27.8. The smallest absolute Gasteiger partial charge is 0.457 e. The Bertz CT molecular complexity index is 1030. The minimum atomic E-state index is -4.52. The second-order valence-corrected chi connectivity index (χ2v) is 16.9. The number of allylic oxidation sites excluding steroid dienone is 8. The molecule has 0 spiro atoms. The van der Waals surface area contributed by atoms with E-state index in [1.807, 2.05) is 0 Å². The summed E-state index contributed by atoms with van der Waals surface area (Å²) in [6.07, 6.45) is 49.2. The lowest BCUT2D eigenvalue weighted by molar-refractivity contribution is -0.154. The van der Waals surface area contributed by atoms with Crippen molar-refractivity contribution in [2.45, 2.75) is 212 Å². The molecule has 3 unspecified atom stereocenters. The van der Waals surface area contributed by atoms with Crippen LogP contribution in [-0.4, -0.2) is 66.3 Å². The summed E-state index contributed by atoms with van der Waals surface area (Å²) in [5.74, 6) is -0.385. The third-order valence-corrected chi connectivity index (χ3v) is 10.7. The quantitative estimate of drug-likeness (QED) is 0.0238. The van der Waals surface area contributed by atoms with Crippen molar-refractivity contribution in [3.05, 3.63) is 48.6 Å². The largest absolute Gasteiger partial charge is 0.472 e. The number of aliphatic hydroxyl groups excluding tert-OH is 2. The first-order valence-corrected chi connectivity index (χ1v) is 24.6. The number of rotatable bonds is 44. The highest BCUT2D eigenvalue weighted by Crippen LogP contribution is 2.43. The monoisotopic (exact) mass is 827 g/mol. The van der Waals surface area contributed by atoms with Crippen molar-refractivity contribution >= 4 is 13.8 Å². The Morgan fingerprint density at radius 1 is 0.561 bits per heavy atom. The minimum absolute atomic E-state index is 0.0429. The first-order valence-electron chi connectivity index (χ1n) is 23.1. The lowest BCUT2D eigenvalue weighted by Gasteiger charge is -2.20. The van der Waals surface area contributed by atoms with Crippen molar-refractivity contribution in [1.82, 2.24) is 0 Å². The summed E-state index contributed by atoms with van der Waals surface area (Å²) in [6.45, 7) is 3.40. The average Bonchev–Trinajstić information content (AvgIpc) is 3.20. The van der Waals surface area contributed by atoms with E-state index >= 15 is 0 Å². The Labute approximate surface area is 349 Å². The molecule has 0 radical (unpaired) electrons. The molecule has 0 saturated carbocycles. The fourth-order valence-electron chi connectivity index (χ4n) is 6.29. The summed E-state index contributed by atoms with van der Waals surface area (Å²) >= 11 is 0. The summed E-state index contributed by atoms with van der Waals surface area (Å²) in [4.78, 5) is 22.6. The molecule has 57 heavy (non-hydrogen) atoms. The third-order valence-electron chi connectivity index (χ3n) is 9.78. The number of phosphoric ester groups is 1. The van der Waals surface area contributed by atoms with E-state index in [4.69, 9.17) is 23.6 Å². The number of hydrogen-bond donors (Lipinski definition) is 3. The SMILES string of the molecule is CC/C=C\C/C=C\C/C=C\C/C=C\CCCCCCCCCOCC(COP(=O)(O)OCC(O)CO)OC(=O)CCCCCCCCCCCCCCCCCC. The Balaban J connectivity index is 4.14. The molecule has 0 aliphatic rings. The zero-order chi connectivity index (χ0) is 41.8. The number of carbonyl (C=O) groups is 1. The van der Waals surface area contributed by atoms with Crippen LogP contribution in [0.4, 0.5) is 0 Å². The highest BCUT2D eigenvalue weighted by Gasteiger charge is 2.26. The van der Waals surface area contributed by atoms with Crippen molar-refractivity contribution in [2.24, 2.45) is 0 Å². The average molecular weight is 827 g/mol. The van der Waals surface area contributed by atoms with E-state index in [1.54, 1.807) is 0 Å². The lowest BCUT2D eigenvalue weighted by atomic mass is 10.0. The molecular weight excluding hydrogens is 739 g/mol. The van der Waals surface area contributed by atoms with E-state index < -0.39 is 33.2 Å². The van der Waals surface area contributed by atoms with Gasteiger partial charge in [-0.3, -0.25) is 13.8 Å². The van der Waals surface area contributed by atoms with Gasteiger partial charge in [-0.1, -0.05) is 191 Å². The predicted molar refractivity (Wildman–Crippen MR) is 237 cm³/mol. The van der Waals surface area contributed by atoms with Gasteiger partial charge in [0.2, 0.25) is 0 Å². The summed E-state index contributed by atoms with van der Waals surface area (Å²) in [5.41, 5.74) is 0. The highest BCUT2D eigenvalue weighted by molar-refractivity contribution is 7.47. The number of carbonyl (C=O) groups excluding carboxylic acids is 1. The Morgan fingerprint density at radius 3 is 1.51 bits per heavy atom. The molecule has 0 rings (SSSR count). The number of hydrogen-bond acceptors (Lipinski definition) is 8. The van der Waals surface area contributed by atoms with E-state index in [0.29, 0.717) is 6.61 Å². The molecule has 0 heterocycles. The molecule has 0 aliphatic carbocycles. The van der Waals surface area contributed by atoms with Crippen molar-refractivity contribution in [3.63, 3.8) is 0 Å². The summed E-state index contributed by atoms with van der Waals surface area (Å²) in [6, 6.07) is 0. The van der Waals surface area contributed by atoms with Gasteiger partial charge in [0.25, 0.3) is 0 Å². The standard InChI is InChI=1S/C47H87O9P/c1-3-5-7-9-11-13-15-17-19-21-22-23-24-26-28-30-32-34-36-38-40-53-43-46(44-55-57(51,52)54-42-45(49)41-48)56-47(50)39-37-35-33-31-29-27-25-20-18-16-14-12-10-8-6-4-2/h5,7,11,13,17,19,22-23,45-46,48-49H,3-4,6,8-10,12,14-16,18,20-21,24-44H2,1-2H3,(H,51,52)/b7-5-,13-11-,19-17-,23-22-. The number of ether oxygens (including phenoxy) is 2. The van der Waals surface area contributed by atoms with Crippen molar-refractivity contribution < 1.29 is 43.0 Å². The third kappa shape index (κ3) is 43.8. The predicted octanol–water partition coefficient (Wildman–Crippen LogP) is 13.0. The second kappa shape index (κ2) is 44.0. The lowest BCUT2D eigenvalue weighted by Crippen LogP contribution is -2.29. The molecule has 0 aromatic carbocycles. The van der Waals surface area contributed by atoms with Gasteiger partial charge in [-0.05, 0) is 51.4 Å². The van der Waals surface area contributed by atoms with Gasteiger partial charge in [-0.25, -0.2) is 4.57 Å². The Hall–Kier alpha value is -1.58. The molecule has 3 N–H and O–H groups in total. The van der Waals surface area contributed by atoms with E-state index in [-0.39, 0.29) is 25.6 Å². The molecular formula is C47H87O9P. The number of aliphatic hydroxyl groups is 2.